The van der Waals surface area contributed by atoms with Crippen molar-refractivity contribution in [1.82, 2.24) is 4.98 Å². The van der Waals surface area contributed by atoms with E-state index in [1.54, 1.807) is 6.08 Å². The van der Waals surface area contributed by atoms with Gasteiger partial charge in [-0.15, -0.1) is 6.58 Å². The van der Waals surface area contributed by atoms with Crippen LogP contribution in [0.25, 0.3) is 0 Å². The van der Waals surface area contributed by atoms with Gasteiger partial charge < -0.3 is 9.16 Å². The van der Waals surface area contributed by atoms with E-state index in [1.807, 2.05) is 18.2 Å². The van der Waals surface area contributed by atoms with Crippen molar-refractivity contribution in [3.8, 4) is 0 Å². The van der Waals surface area contributed by atoms with Crippen molar-refractivity contribution in [2.24, 2.45) is 5.41 Å². The average Bonchev–Trinajstić information content (AvgIpc) is 3.20. The molecular formula is C20H30BrNO3Si. The van der Waals surface area contributed by atoms with Gasteiger partial charge in [0, 0.05) is 17.4 Å². The maximum absolute atomic E-state index is 12.8. The molecule has 0 amide bonds. The largest absolute Gasteiger partial charge is 0.468 e. The lowest BCUT2D eigenvalue weighted by Gasteiger charge is -2.40. The van der Waals surface area contributed by atoms with E-state index in [2.05, 4.69) is 61.4 Å². The Hall–Kier alpha value is -0.983. The Morgan fingerprint density at radius 2 is 2.00 bits per heavy atom. The smallest absolute Gasteiger partial charge is 0.315 e. The van der Waals surface area contributed by atoms with E-state index in [0.717, 1.165) is 11.4 Å². The zero-order chi connectivity index (χ0) is 19.8. The predicted octanol–water partition coefficient (Wildman–Crippen LogP) is 5.03. The molecule has 1 heterocycles. The van der Waals surface area contributed by atoms with Crippen LogP contribution in [0.4, 0.5) is 0 Å². The molecule has 1 saturated carbocycles. The first-order chi connectivity index (χ1) is 12.0. The van der Waals surface area contributed by atoms with Gasteiger partial charge in [0.2, 0.25) is 0 Å². The van der Waals surface area contributed by atoms with Crippen molar-refractivity contribution in [3.63, 3.8) is 0 Å². The van der Waals surface area contributed by atoms with Crippen molar-refractivity contribution in [3.05, 3.63) is 42.2 Å². The summed E-state index contributed by atoms with van der Waals surface area (Å²) in [7, 11) is -0.653. The molecule has 0 bridgehead atoms. The highest BCUT2D eigenvalue weighted by atomic mass is 79.9. The molecule has 144 valence electrons. The summed E-state index contributed by atoms with van der Waals surface area (Å²) >= 11 is 3.44. The topological polar surface area (TPSA) is 48.4 Å². The van der Waals surface area contributed by atoms with Gasteiger partial charge >= 0.3 is 5.97 Å². The molecular weight excluding hydrogens is 410 g/mol. The first-order valence-electron chi connectivity index (χ1n) is 8.90. The Morgan fingerprint density at radius 3 is 2.50 bits per heavy atom. The fourth-order valence-corrected chi connectivity index (χ4v) is 5.07. The third-order valence-corrected chi connectivity index (χ3v) is 10.9. The second-order valence-electron chi connectivity index (χ2n) is 8.64. The van der Waals surface area contributed by atoms with Crippen LogP contribution in [0.15, 0.2) is 30.9 Å². The maximum Gasteiger partial charge on any atom is 0.315 e. The fourth-order valence-electron chi connectivity index (χ4n) is 3.19. The molecule has 0 radical (unpaired) electrons. The number of halogens is 1. The molecule has 0 unspecified atom stereocenters. The van der Waals surface area contributed by atoms with Crippen LogP contribution >= 0.6 is 15.9 Å². The number of alkyl halides is 1. The summed E-state index contributed by atoms with van der Waals surface area (Å²) in [4.78, 5) is 17.4. The summed E-state index contributed by atoms with van der Waals surface area (Å²) < 4.78 is 11.9. The average molecular weight is 440 g/mol. The number of carbonyl (C=O) groups is 1. The Bertz CT molecular complexity index is 701. The molecule has 1 aromatic rings. The molecule has 1 aliphatic rings. The highest BCUT2D eigenvalue weighted by molar-refractivity contribution is 9.08. The Kier molecular flexibility index (Phi) is 5.91. The van der Waals surface area contributed by atoms with Crippen LogP contribution in [0.2, 0.25) is 18.1 Å². The molecule has 1 fully saturated rings. The van der Waals surface area contributed by atoms with Crippen LogP contribution in [0.1, 0.15) is 38.6 Å². The van der Waals surface area contributed by atoms with E-state index in [4.69, 9.17) is 9.16 Å². The highest BCUT2D eigenvalue weighted by Crippen LogP contribution is 2.64. The number of esters is 1. The van der Waals surface area contributed by atoms with Crippen molar-refractivity contribution in [1.29, 1.82) is 0 Å². The van der Waals surface area contributed by atoms with Gasteiger partial charge in [0.1, 0.15) is 5.41 Å². The van der Waals surface area contributed by atoms with Crippen molar-refractivity contribution in [2.45, 2.75) is 62.7 Å². The van der Waals surface area contributed by atoms with E-state index < -0.39 is 19.3 Å². The number of rotatable bonds is 7. The van der Waals surface area contributed by atoms with Crippen LogP contribution in [0.3, 0.4) is 0 Å². The third kappa shape index (κ3) is 3.69. The molecule has 0 saturated heterocycles. The van der Waals surface area contributed by atoms with Crippen LogP contribution < -0.4 is 0 Å². The normalized spacial score (nSPS) is 25.7. The first-order valence-corrected chi connectivity index (χ1v) is 12.9. The number of hydrogen-bond donors (Lipinski definition) is 0. The molecule has 2 atom stereocenters. The lowest BCUT2D eigenvalue weighted by atomic mass is 9.94. The predicted molar refractivity (Wildman–Crippen MR) is 111 cm³/mol. The number of aromatic nitrogens is 1. The zero-order valence-electron chi connectivity index (χ0n) is 16.7. The second-order valence-corrected chi connectivity index (χ2v) is 13.9. The minimum Gasteiger partial charge on any atom is -0.468 e. The SMILES string of the molecule is C=C[C@@]1(O[Si](C)(C)C(C)(C)C)C[C@@]1(Cc1cccc(CBr)n1)C(=O)OC. The zero-order valence-corrected chi connectivity index (χ0v) is 19.3. The molecule has 0 aliphatic heterocycles. The molecule has 0 N–H and O–H groups in total. The number of hydrogen-bond acceptors (Lipinski definition) is 4. The highest BCUT2D eigenvalue weighted by Gasteiger charge is 2.74. The van der Waals surface area contributed by atoms with E-state index in [-0.39, 0.29) is 11.0 Å². The summed E-state index contributed by atoms with van der Waals surface area (Å²) in [6, 6.07) is 5.88. The lowest BCUT2D eigenvalue weighted by molar-refractivity contribution is -0.149. The first kappa shape index (κ1) is 21.3. The van der Waals surface area contributed by atoms with E-state index >= 15 is 0 Å². The summed E-state index contributed by atoms with van der Waals surface area (Å²) in [6.07, 6.45) is 2.88. The number of pyridine rings is 1. The molecule has 26 heavy (non-hydrogen) atoms. The molecule has 6 heteroatoms. The minimum atomic E-state index is -2.09. The molecule has 4 nitrogen and oxygen atoms in total. The summed E-state index contributed by atoms with van der Waals surface area (Å²) in [6.45, 7) is 15.0. The van der Waals surface area contributed by atoms with Gasteiger partial charge in [0.05, 0.1) is 18.4 Å². The van der Waals surface area contributed by atoms with Crippen molar-refractivity contribution in [2.75, 3.05) is 7.11 Å². The number of nitrogens with zero attached hydrogens (tertiary/aromatic N) is 1. The van der Waals surface area contributed by atoms with E-state index in [9.17, 15) is 4.79 Å². The quantitative estimate of drug-likeness (QED) is 0.258. The third-order valence-electron chi connectivity index (χ3n) is 5.88. The summed E-state index contributed by atoms with van der Waals surface area (Å²) in [5, 5.41) is 0.723. The monoisotopic (exact) mass is 439 g/mol. The Labute approximate surface area is 166 Å². The second kappa shape index (κ2) is 7.21. The van der Waals surface area contributed by atoms with Gasteiger partial charge in [-0.3, -0.25) is 9.78 Å². The molecule has 0 spiro atoms. The fraction of sp³-hybridized carbons (Fsp3) is 0.600. The summed E-state index contributed by atoms with van der Waals surface area (Å²) in [5.41, 5.74) is 0.374. The number of methoxy groups -OCH3 is 1. The molecule has 1 aliphatic carbocycles. The van der Waals surface area contributed by atoms with Crippen LogP contribution in [-0.4, -0.2) is 32.0 Å². The van der Waals surface area contributed by atoms with Crippen LogP contribution in [0.5, 0.6) is 0 Å². The van der Waals surface area contributed by atoms with Gasteiger partial charge in [-0.2, -0.15) is 0 Å². The van der Waals surface area contributed by atoms with Crippen molar-refractivity contribution < 1.29 is 14.0 Å². The minimum absolute atomic E-state index is 0.0432. The van der Waals surface area contributed by atoms with Crippen molar-refractivity contribution >= 4 is 30.2 Å². The van der Waals surface area contributed by atoms with Gasteiger partial charge in [0.15, 0.2) is 8.32 Å². The molecule has 1 aromatic heterocycles. The van der Waals surface area contributed by atoms with Gasteiger partial charge in [-0.25, -0.2) is 0 Å². The van der Waals surface area contributed by atoms with Gasteiger partial charge in [-0.1, -0.05) is 48.8 Å². The summed E-state index contributed by atoms with van der Waals surface area (Å²) in [5.74, 6) is -0.248. The molecule has 2 rings (SSSR count). The molecule has 0 aromatic carbocycles. The van der Waals surface area contributed by atoms with E-state index in [0.29, 0.717) is 18.2 Å². The number of carbonyl (C=O) groups excluding carboxylic acids is 1. The standard InChI is InChI=1S/C20H30BrNO3Si/c1-8-20(25-26(6,7)18(2,3)4)14-19(20,17(23)24-5)12-15-10-9-11-16(13-21)22-15/h8-11H,1,12-14H2,2-7H3/t19-,20+/m0/s1. The van der Waals surface area contributed by atoms with Crippen LogP contribution in [-0.2, 0) is 25.7 Å². The lowest BCUT2D eigenvalue weighted by Crippen LogP contribution is -2.47. The Morgan fingerprint density at radius 1 is 1.38 bits per heavy atom. The Balaban J connectivity index is 2.39. The van der Waals surface area contributed by atoms with E-state index in [1.165, 1.54) is 7.11 Å². The van der Waals surface area contributed by atoms with Gasteiger partial charge in [-0.05, 0) is 36.7 Å². The number of ether oxygens (including phenoxy) is 1. The van der Waals surface area contributed by atoms with Gasteiger partial charge in [0.25, 0.3) is 0 Å². The maximum atomic E-state index is 12.8. The van der Waals surface area contributed by atoms with Crippen LogP contribution in [0, 0.1) is 5.41 Å².